The maximum absolute atomic E-state index is 12.7. The third-order valence-electron chi connectivity index (χ3n) is 4.69. The highest BCUT2D eigenvalue weighted by Crippen LogP contribution is 2.26. The average Bonchev–Trinajstić information content (AvgIpc) is 3.43. The molecule has 1 aliphatic heterocycles. The second kappa shape index (κ2) is 8.83. The number of carbonyl (C=O) groups excluding carboxylic acids is 2. The first-order chi connectivity index (χ1) is 14.2. The predicted molar refractivity (Wildman–Crippen MR) is 110 cm³/mol. The van der Waals surface area contributed by atoms with Crippen molar-refractivity contribution in [1.29, 1.82) is 0 Å². The highest BCUT2D eigenvalue weighted by Gasteiger charge is 2.35. The summed E-state index contributed by atoms with van der Waals surface area (Å²) >= 11 is 1.34. The quantitative estimate of drug-likeness (QED) is 0.691. The molecule has 148 valence electrons. The molecule has 0 radical (unpaired) electrons. The summed E-state index contributed by atoms with van der Waals surface area (Å²) in [4.78, 5) is 35.2. The number of anilines is 1. The van der Waals surface area contributed by atoms with E-state index < -0.39 is 12.1 Å². The number of likely N-dealkylation sites (tertiary alicyclic amines) is 1. The van der Waals surface area contributed by atoms with E-state index >= 15 is 0 Å². The Morgan fingerprint density at radius 1 is 1.21 bits per heavy atom. The lowest BCUT2D eigenvalue weighted by Crippen LogP contribution is -2.43. The number of pyridine rings is 1. The van der Waals surface area contributed by atoms with Crippen LogP contribution in [0, 0.1) is 0 Å². The van der Waals surface area contributed by atoms with Crippen LogP contribution in [-0.2, 0) is 16.1 Å². The van der Waals surface area contributed by atoms with Crippen molar-refractivity contribution >= 4 is 28.5 Å². The molecule has 1 aromatic carbocycles. The molecule has 3 aromatic rings. The number of thiazole rings is 1. The van der Waals surface area contributed by atoms with Crippen LogP contribution in [0.4, 0.5) is 9.93 Å². The Hall–Kier alpha value is -3.26. The Morgan fingerprint density at radius 2 is 2.07 bits per heavy atom. The zero-order valence-corrected chi connectivity index (χ0v) is 16.5. The molecule has 1 fully saturated rings. The van der Waals surface area contributed by atoms with Crippen molar-refractivity contribution in [3.63, 3.8) is 0 Å². The zero-order chi connectivity index (χ0) is 20.1. The number of hydrogen-bond donors (Lipinski definition) is 1. The largest absolute Gasteiger partial charge is 0.445 e. The summed E-state index contributed by atoms with van der Waals surface area (Å²) in [6.07, 6.45) is 4.32. The number of carbonyl (C=O) groups is 2. The average molecular weight is 408 g/mol. The molecule has 0 saturated carbocycles. The Labute approximate surface area is 172 Å². The van der Waals surface area contributed by atoms with E-state index in [9.17, 15) is 9.59 Å². The number of rotatable bonds is 5. The van der Waals surface area contributed by atoms with Crippen molar-refractivity contribution in [1.82, 2.24) is 14.9 Å². The molecule has 0 unspecified atom stereocenters. The summed E-state index contributed by atoms with van der Waals surface area (Å²) in [5.41, 5.74) is 2.55. The van der Waals surface area contributed by atoms with E-state index in [1.54, 1.807) is 12.4 Å². The maximum Gasteiger partial charge on any atom is 0.410 e. The molecule has 1 atom stereocenters. The zero-order valence-electron chi connectivity index (χ0n) is 15.7. The Morgan fingerprint density at radius 3 is 2.86 bits per heavy atom. The molecule has 29 heavy (non-hydrogen) atoms. The first-order valence-electron chi connectivity index (χ1n) is 9.35. The van der Waals surface area contributed by atoms with Gasteiger partial charge in [0.1, 0.15) is 12.6 Å². The molecule has 2 amide bonds. The van der Waals surface area contributed by atoms with Crippen molar-refractivity contribution in [2.24, 2.45) is 0 Å². The first kappa shape index (κ1) is 19.1. The van der Waals surface area contributed by atoms with Crippen LogP contribution < -0.4 is 5.32 Å². The maximum atomic E-state index is 12.7. The van der Waals surface area contributed by atoms with E-state index in [1.165, 1.54) is 16.2 Å². The van der Waals surface area contributed by atoms with Gasteiger partial charge in [-0.3, -0.25) is 14.7 Å². The third-order valence-corrected chi connectivity index (χ3v) is 5.44. The SMILES string of the molecule is O=C(Nc1nc(-c2cccnc2)cs1)[C@@H]1CCCN1C(=O)OCc1ccccc1. The van der Waals surface area contributed by atoms with Crippen LogP contribution in [0.3, 0.4) is 0 Å². The van der Waals surface area contributed by atoms with E-state index in [1.807, 2.05) is 47.8 Å². The molecule has 0 spiro atoms. The molecule has 1 aliphatic rings. The van der Waals surface area contributed by atoms with Crippen LogP contribution in [0.2, 0.25) is 0 Å². The number of amides is 2. The highest BCUT2D eigenvalue weighted by molar-refractivity contribution is 7.14. The fourth-order valence-electron chi connectivity index (χ4n) is 3.23. The lowest BCUT2D eigenvalue weighted by Gasteiger charge is -2.22. The number of aromatic nitrogens is 2. The number of nitrogens with one attached hydrogen (secondary N) is 1. The van der Waals surface area contributed by atoms with Gasteiger partial charge in [-0.25, -0.2) is 9.78 Å². The van der Waals surface area contributed by atoms with E-state index in [-0.39, 0.29) is 12.5 Å². The molecular weight excluding hydrogens is 388 g/mol. The Kier molecular flexibility index (Phi) is 5.81. The number of ether oxygens (including phenoxy) is 1. The number of benzene rings is 1. The lowest BCUT2D eigenvalue weighted by atomic mass is 10.2. The van der Waals surface area contributed by atoms with Gasteiger partial charge in [0.15, 0.2) is 5.13 Å². The van der Waals surface area contributed by atoms with Gasteiger partial charge in [0, 0.05) is 29.9 Å². The molecule has 4 rings (SSSR count). The van der Waals surface area contributed by atoms with Crippen molar-refractivity contribution < 1.29 is 14.3 Å². The Balaban J connectivity index is 1.36. The summed E-state index contributed by atoms with van der Waals surface area (Å²) < 4.78 is 5.39. The smallest absolute Gasteiger partial charge is 0.410 e. The molecule has 0 aliphatic carbocycles. The summed E-state index contributed by atoms with van der Waals surface area (Å²) in [6.45, 7) is 0.690. The van der Waals surface area contributed by atoms with Gasteiger partial charge in [-0.05, 0) is 30.5 Å². The van der Waals surface area contributed by atoms with Gasteiger partial charge in [-0.15, -0.1) is 11.3 Å². The van der Waals surface area contributed by atoms with E-state index in [0.29, 0.717) is 18.1 Å². The van der Waals surface area contributed by atoms with Crippen LogP contribution in [0.5, 0.6) is 0 Å². The molecule has 3 heterocycles. The van der Waals surface area contributed by atoms with Crippen LogP contribution in [0.25, 0.3) is 11.3 Å². The van der Waals surface area contributed by atoms with Gasteiger partial charge in [-0.2, -0.15) is 0 Å². The van der Waals surface area contributed by atoms with Gasteiger partial charge >= 0.3 is 6.09 Å². The second-order valence-electron chi connectivity index (χ2n) is 6.66. The minimum Gasteiger partial charge on any atom is -0.445 e. The van der Waals surface area contributed by atoms with Crippen LogP contribution in [-0.4, -0.2) is 39.5 Å². The minimum atomic E-state index is -0.552. The molecule has 8 heteroatoms. The first-order valence-corrected chi connectivity index (χ1v) is 10.2. The fraction of sp³-hybridized carbons (Fsp3) is 0.238. The molecule has 0 bridgehead atoms. The van der Waals surface area contributed by atoms with Crippen LogP contribution in [0.15, 0.2) is 60.2 Å². The van der Waals surface area contributed by atoms with Crippen molar-refractivity contribution in [2.45, 2.75) is 25.5 Å². The van der Waals surface area contributed by atoms with Gasteiger partial charge in [0.05, 0.1) is 5.69 Å². The van der Waals surface area contributed by atoms with Gasteiger partial charge in [0.25, 0.3) is 0 Å². The fourth-order valence-corrected chi connectivity index (χ4v) is 3.95. The normalized spacial score (nSPS) is 15.9. The van der Waals surface area contributed by atoms with Gasteiger partial charge in [0.2, 0.25) is 5.91 Å². The van der Waals surface area contributed by atoms with Gasteiger partial charge in [-0.1, -0.05) is 30.3 Å². The van der Waals surface area contributed by atoms with Crippen LogP contribution in [0.1, 0.15) is 18.4 Å². The van der Waals surface area contributed by atoms with Gasteiger partial charge < -0.3 is 10.1 Å². The monoisotopic (exact) mass is 408 g/mol. The molecule has 2 aromatic heterocycles. The third kappa shape index (κ3) is 4.60. The minimum absolute atomic E-state index is 0.186. The number of hydrogen-bond acceptors (Lipinski definition) is 6. The van der Waals surface area contributed by atoms with Crippen molar-refractivity contribution in [3.8, 4) is 11.3 Å². The molecule has 7 nitrogen and oxygen atoms in total. The molecule has 1 saturated heterocycles. The predicted octanol–water partition coefficient (Wildman–Crippen LogP) is 3.94. The summed E-state index contributed by atoms with van der Waals surface area (Å²) in [6, 6.07) is 12.7. The summed E-state index contributed by atoms with van der Waals surface area (Å²) in [5, 5.41) is 5.20. The second-order valence-corrected chi connectivity index (χ2v) is 7.52. The van der Waals surface area contributed by atoms with E-state index in [2.05, 4.69) is 15.3 Å². The molecular formula is C21H20N4O3S. The Bertz CT molecular complexity index is 978. The highest BCUT2D eigenvalue weighted by atomic mass is 32.1. The van der Waals surface area contributed by atoms with E-state index in [4.69, 9.17) is 4.74 Å². The standard InChI is InChI=1S/C21H20N4O3S/c26-19(24-20-23-17(14-29-20)16-8-4-10-22-12-16)18-9-5-11-25(18)21(27)28-13-15-6-2-1-3-7-15/h1-4,6-8,10,12,14,18H,5,9,11,13H2,(H,23,24,26)/t18-/m0/s1. The summed E-state index contributed by atoms with van der Waals surface area (Å²) in [5.74, 6) is -0.244. The van der Waals surface area contributed by atoms with Crippen LogP contribution >= 0.6 is 11.3 Å². The topological polar surface area (TPSA) is 84.4 Å². The van der Waals surface area contributed by atoms with E-state index in [0.717, 1.165) is 23.2 Å². The summed E-state index contributed by atoms with van der Waals surface area (Å²) in [7, 11) is 0. The number of nitrogens with zero attached hydrogens (tertiary/aromatic N) is 3. The van der Waals surface area contributed by atoms with Crippen molar-refractivity contribution in [2.75, 3.05) is 11.9 Å². The van der Waals surface area contributed by atoms with Crippen molar-refractivity contribution in [3.05, 3.63) is 65.8 Å². The lowest BCUT2D eigenvalue weighted by molar-refractivity contribution is -0.120. The molecule has 1 N–H and O–H groups in total.